The molecule has 1 amide bonds. The minimum absolute atomic E-state index is 0.193. The van der Waals surface area contributed by atoms with Gasteiger partial charge in [0.2, 0.25) is 5.91 Å². The van der Waals surface area contributed by atoms with Crippen molar-refractivity contribution >= 4 is 5.91 Å². The van der Waals surface area contributed by atoms with E-state index in [1.807, 2.05) is 4.90 Å². The lowest BCUT2D eigenvalue weighted by Gasteiger charge is -2.48. The van der Waals surface area contributed by atoms with Gasteiger partial charge in [-0.3, -0.25) is 9.69 Å². The van der Waals surface area contributed by atoms with Crippen molar-refractivity contribution in [3.63, 3.8) is 0 Å². The Hall–Kier alpha value is -0.650. The Morgan fingerprint density at radius 2 is 1.94 bits per heavy atom. The number of aliphatic hydroxyl groups excluding tert-OH is 1. The van der Waals surface area contributed by atoms with Gasteiger partial charge in [0, 0.05) is 39.3 Å². The Kier molecular flexibility index (Phi) is 4.25. The van der Waals surface area contributed by atoms with E-state index < -0.39 is 0 Å². The fourth-order valence-corrected chi connectivity index (χ4v) is 3.35. The summed E-state index contributed by atoms with van der Waals surface area (Å²) in [5, 5.41) is 8.90. The van der Waals surface area contributed by atoms with E-state index in [9.17, 15) is 4.79 Å². The molecule has 1 saturated heterocycles. The molecule has 0 aromatic rings. The molecule has 2 rings (SSSR count). The Balaban J connectivity index is 1.87. The molecule has 0 spiro atoms. The highest BCUT2D eigenvalue weighted by atomic mass is 16.3. The number of nitrogens with zero attached hydrogens (tertiary/aromatic N) is 2. The molecule has 0 unspecified atom stereocenters. The van der Waals surface area contributed by atoms with Crippen LogP contribution < -0.4 is 5.73 Å². The molecule has 1 aliphatic carbocycles. The molecule has 0 atom stereocenters. The lowest BCUT2D eigenvalue weighted by atomic mass is 9.62. The van der Waals surface area contributed by atoms with E-state index in [0.717, 1.165) is 39.0 Å². The van der Waals surface area contributed by atoms with Crippen LogP contribution in [0.3, 0.4) is 0 Å². The summed E-state index contributed by atoms with van der Waals surface area (Å²) in [5.74, 6) is 0.889. The van der Waals surface area contributed by atoms with Crippen LogP contribution in [0.1, 0.15) is 19.8 Å². The van der Waals surface area contributed by atoms with Gasteiger partial charge >= 0.3 is 0 Å². The molecule has 1 aliphatic heterocycles. The number of rotatable bonds is 4. The molecule has 18 heavy (non-hydrogen) atoms. The van der Waals surface area contributed by atoms with Crippen LogP contribution in [0.2, 0.25) is 0 Å². The highest BCUT2D eigenvalue weighted by Crippen LogP contribution is 2.46. The van der Waals surface area contributed by atoms with Crippen LogP contribution in [0.25, 0.3) is 0 Å². The highest BCUT2D eigenvalue weighted by Gasteiger charge is 2.49. The standard InChI is InChI=1S/C13H25N3O2/c1-11-8-13(9-11,10-14)12(18)16-4-2-15(3-5-16)6-7-17/h11,17H,2-10,14H2,1H3. The Morgan fingerprint density at radius 1 is 1.33 bits per heavy atom. The van der Waals surface area contributed by atoms with Gasteiger partial charge in [-0.25, -0.2) is 0 Å². The van der Waals surface area contributed by atoms with Crippen molar-refractivity contribution in [1.29, 1.82) is 0 Å². The second kappa shape index (κ2) is 5.55. The van der Waals surface area contributed by atoms with Crippen molar-refractivity contribution in [3.05, 3.63) is 0 Å². The fourth-order valence-electron chi connectivity index (χ4n) is 3.35. The average Bonchev–Trinajstić information content (AvgIpc) is 2.35. The van der Waals surface area contributed by atoms with Crippen molar-refractivity contribution < 1.29 is 9.90 Å². The summed E-state index contributed by atoms with van der Waals surface area (Å²) in [6.07, 6.45) is 1.89. The zero-order chi connectivity index (χ0) is 13.2. The van der Waals surface area contributed by atoms with Gasteiger partial charge in [0.1, 0.15) is 0 Å². The number of aliphatic hydroxyl groups is 1. The summed E-state index contributed by atoms with van der Waals surface area (Å²) in [5.41, 5.74) is 5.56. The van der Waals surface area contributed by atoms with Crippen molar-refractivity contribution in [2.75, 3.05) is 45.9 Å². The third-order valence-electron chi connectivity index (χ3n) is 4.40. The number of hydrogen-bond acceptors (Lipinski definition) is 4. The Bertz CT molecular complexity index is 295. The second-order valence-electron chi connectivity index (χ2n) is 5.86. The third kappa shape index (κ3) is 2.53. The first-order valence-corrected chi connectivity index (χ1v) is 6.94. The fraction of sp³-hybridized carbons (Fsp3) is 0.923. The molecular weight excluding hydrogens is 230 g/mol. The van der Waals surface area contributed by atoms with Crippen molar-refractivity contribution in [1.82, 2.24) is 9.80 Å². The van der Waals surface area contributed by atoms with Crippen molar-refractivity contribution in [2.45, 2.75) is 19.8 Å². The van der Waals surface area contributed by atoms with E-state index in [-0.39, 0.29) is 17.9 Å². The second-order valence-corrected chi connectivity index (χ2v) is 5.86. The van der Waals surface area contributed by atoms with Gasteiger partial charge in [-0.05, 0) is 18.8 Å². The minimum atomic E-state index is -0.265. The van der Waals surface area contributed by atoms with Gasteiger partial charge in [0.25, 0.3) is 0 Å². The zero-order valence-electron chi connectivity index (χ0n) is 11.3. The topological polar surface area (TPSA) is 69.8 Å². The van der Waals surface area contributed by atoms with Gasteiger partial charge in [-0.2, -0.15) is 0 Å². The average molecular weight is 255 g/mol. The van der Waals surface area contributed by atoms with Gasteiger partial charge in [-0.1, -0.05) is 6.92 Å². The predicted octanol–water partition coefficient (Wildman–Crippen LogP) is -0.502. The third-order valence-corrected chi connectivity index (χ3v) is 4.40. The van der Waals surface area contributed by atoms with Crippen LogP contribution in [0.4, 0.5) is 0 Å². The van der Waals surface area contributed by atoms with Gasteiger partial charge < -0.3 is 15.7 Å². The van der Waals surface area contributed by atoms with E-state index in [4.69, 9.17) is 10.8 Å². The van der Waals surface area contributed by atoms with E-state index >= 15 is 0 Å². The van der Waals surface area contributed by atoms with Gasteiger partial charge in [0.05, 0.1) is 12.0 Å². The Morgan fingerprint density at radius 3 is 2.39 bits per heavy atom. The summed E-state index contributed by atoms with van der Waals surface area (Å²) >= 11 is 0. The molecule has 3 N–H and O–H groups in total. The molecule has 5 heteroatoms. The summed E-state index contributed by atoms with van der Waals surface area (Å²) in [7, 11) is 0. The van der Waals surface area contributed by atoms with E-state index in [1.54, 1.807) is 0 Å². The molecular formula is C13H25N3O2. The molecule has 1 saturated carbocycles. The summed E-state index contributed by atoms with van der Waals surface area (Å²) in [6, 6.07) is 0. The van der Waals surface area contributed by atoms with E-state index in [2.05, 4.69) is 11.8 Å². The molecule has 0 bridgehead atoms. The van der Waals surface area contributed by atoms with E-state index in [0.29, 0.717) is 19.0 Å². The molecule has 0 radical (unpaired) electrons. The molecule has 1 heterocycles. The maximum absolute atomic E-state index is 12.5. The van der Waals surface area contributed by atoms with Crippen LogP contribution in [-0.4, -0.2) is 66.7 Å². The number of hydrogen-bond donors (Lipinski definition) is 2. The largest absolute Gasteiger partial charge is 0.395 e. The van der Waals surface area contributed by atoms with Gasteiger partial charge in [0.15, 0.2) is 0 Å². The van der Waals surface area contributed by atoms with Crippen LogP contribution in [0, 0.1) is 11.3 Å². The molecule has 0 aromatic carbocycles. The number of piperazine rings is 1. The molecule has 2 aliphatic rings. The lowest BCUT2D eigenvalue weighted by molar-refractivity contribution is -0.151. The first-order valence-electron chi connectivity index (χ1n) is 6.94. The molecule has 2 fully saturated rings. The first-order chi connectivity index (χ1) is 8.61. The molecule has 0 aromatic heterocycles. The first kappa shape index (κ1) is 13.8. The quantitative estimate of drug-likeness (QED) is 0.710. The summed E-state index contributed by atoms with van der Waals surface area (Å²) < 4.78 is 0. The van der Waals surface area contributed by atoms with Crippen LogP contribution in [-0.2, 0) is 4.79 Å². The highest BCUT2D eigenvalue weighted by molar-refractivity contribution is 5.84. The number of carbonyl (C=O) groups is 1. The number of β-amino-alcohol motifs (C(OH)–C–C–N with tert-alkyl or cyclic N) is 1. The number of carbonyl (C=O) groups excluding carboxylic acids is 1. The smallest absolute Gasteiger partial charge is 0.230 e. The number of nitrogens with two attached hydrogens (primary N) is 1. The predicted molar refractivity (Wildman–Crippen MR) is 70.0 cm³/mol. The maximum Gasteiger partial charge on any atom is 0.230 e. The summed E-state index contributed by atoms with van der Waals surface area (Å²) in [6.45, 7) is 6.83. The van der Waals surface area contributed by atoms with Crippen molar-refractivity contribution in [3.8, 4) is 0 Å². The number of amides is 1. The van der Waals surface area contributed by atoms with Crippen molar-refractivity contribution in [2.24, 2.45) is 17.1 Å². The Labute approximate surface area is 109 Å². The van der Waals surface area contributed by atoms with Crippen LogP contribution in [0.15, 0.2) is 0 Å². The molecule has 5 nitrogen and oxygen atoms in total. The minimum Gasteiger partial charge on any atom is -0.395 e. The van der Waals surface area contributed by atoms with Gasteiger partial charge in [-0.15, -0.1) is 0 Å². The lowest BCUT2D eigenvalue weighted by Crippen LogP contribution is -2.58. The monoisotopic (exact) mass is 255 g/mol. The SMILES string of the molecule is CC1CC(CN)(C(=O)N2CCN(CCO)CC2)C1. The zero-order valence-corrected chi connectivity index (χ0v) is 11.3. The maximum atomic E-state index is 12.5. The molecule has 104 valence electrons. The van der Waals surface area contributed by atoms with E-state index in [1.165, 1.54) is 0 Å². The summed E-state index contributed by atoms with van der Waals surface area (Å²) in [4.78, 5) is 16.7. The normalized spacial score (nSPS) is 33.3. The van der Waals surface area contributed by atoms with Crippen LogP contribution >= 0.6 is 0 Å². The van der Waals surface area contributed by atoms with Crippen LogP contribution in [0.5, 0.6) is 0 Å².